The highest BCUT2D eigenvalue weighted by atomic mass is 32.1. The number of methoxy groups -OCH3 is 1. The second-order valence-electron chi connectivity index (χ2n) is 10.5. The predicted octanol–water partition coefficient (Wildman–Crippen LogP) is 5.13. The third-order valence-corrected chi connectivity index (χ3v) is 8.87. The molecule has 46 heavy (non-hydrogen) atoms. The van der Waals surface area contributed by atoms with E-state index in [4.69, 9.17) is 9.57 Å². The summed E-state index contributed by atoms with van der Waals surface area (Å²) < 4.78 is 59.7. The smallest absolute Gasteiger partial charge is 0.419 e. The molecule has 238 valence electrons. The number of carbonyl (C=O) groups excluding carboxylic acids is 3. The maximum atomic E-state index is 13.8. The molecule has 3 N–H and O–H groups in total. The van der Waals surface area contributed by atoms with E-state index in [1.165, 1.54) is 12.0 Å². The number of hydrogen-bond donors (Lipinski definition) is 3. The highest BCUT2D eigenvalue weighted by Gasteiger charge is 2.44. The average Bonchev–Trinajstić information content (AvgIpc) is 3.74. The minimum absolute atomic E-state index is 0.00133. The fraction of sp³-hybridized carbons (Fsp3) is 0.226. The van der Waals surface area contributed by atoms with Crippen LogP contribution in [0, 0.1) is 11.7 Å². The number of hydrogen-bond acceptors (Lipinski definition) is 8. The number of likely N-dealkylation sites (tertiary alicyclic amines) is 1. The number of fused-ring (bicyclic) bond motifs is 2. The van der Waals surface area contributed by atoms with Crippen molar-refractivity contribution in [1.29, 1.82) is 0 Å². The van der Waals surface area contributed by atoms with Gasteiger partial charge in [0.25, 0.3) is 11.8 Å². The van der Waals surface area contributed by atoms with Crippen molar-refractivity contribution in [3.05, 3.63) is 88.0 Å². The maximum absolute atomic E-state index is 13.8. The third kappa shape index (κ3) is 5.74. The Morgan fingerprint density at radius 2 is 1.85 bits per heavy atom. The van der Waals surface area contributed by atoms with E-state index in [0.717, 1.165) is 17.4 Å². The van der Waals surface area contributed by atoms with Gasteiger partial charge in [-0.25, -0.2) is 4.39 Å². The minimum Gasteiger partial charge on any atom is -0.496 e. The van der Waals surface area contributed by atoms with Crippen LogP contribution in [0.1, 0.15) is 31.2 Å². The van der Waals surface area contributed by atoms with Crippen LogP contribution < -0.4 is 15.4 Å². The Balaban J connectivity index is 1.30. The minimum atomic E-state index is -4.97. The highest BCUT2D eigenvalue weighted by Crippen LogP contribution is 2.38. The summed E-state index contributed by atoms with van der Waals surface area (Å²) in [7, 11) is 1.38. The van der Waals surface area contributed by atoms with Gasteiger partial charge in [-0.05, 0) is 42.5 Å². The lowest BCUT2D eigenvalue weighted by Crippen LogP contribution is -2.32. The first-order valence-electron chi connectivity index (χ1n) is 13.8. The molecule has 0 bridgehead atoms. The number of amides is 3. The lowest BCUT2D eigenvalue weighted by molar-refractivity contribution is -0.140. The monoisotopic (exact) mass is 656 g/mol. The zero-order valence-corrected chi connectivity index (χ0v) is 24.7. The first-order chi connectivity index (χ1) is 22.0. The van der Waals surface area contributed by atoms with Crippen molar-refractivity contribution in [3.63, 3.8) is 0 Å². The molecule has 2 aliphatic heterocycles. The van der Waals surface area contributed by atoms with Gasteiger partial charge >= 0.3 is 6.18 Å². The van der Waals surface area contributed by atoms with Crippen molar-refractivity contribution < 1.29 is 46.6 Å². The van der Waals surface area contributed by atoms with Crippen molar-refractivity contribution in [2.75, 3.05) is 37.4 Å². The summed E-state index contributed by atoms with van der Waals surface area (Å²) in [6, 6.07) is 13.7. The van der Waals surface area contributed by atoms with E-state index < -0.39 is 48.0 Å². The number of aliphatic hydroxyl groups is 1. The molecule has 1 saturated heterocycles. The number of thiophene rings is 1. The summed E-state index contributed by atoms with van der Waals surface area (Å²) in [5.74, 6) is -3.47. The molecule has 2 atom stereocenters. The molecule has 10 nitrogen and oxygen atoms in total. The predicted molar refractivity (Wildman–Crippen MR) is 161 cm³/mol. The van der Waals surface area contributed by atoms with Gasteiger partial charge in [-0.3, -0.25) is 14.4 Å². The average molecular weight is 657 g/mol. The molecule has 1 aromatic heterocycles. The highest BCUT2D eigenvalue weighted by molar-refractivity contribution is 7.21. The molecule has 0 spiro atoms. The third-order valence-electron chi connectivity index (χ3n) is 7.70. The number of anilines is 2. The van der Waals surface area contributed by atoms with Gasteiger partial charge in [-0.15, -0.1) is 11.3 Å². The van der Waals surface area contributed by atoms with Gasteiger partial charge in [0.15, 0.2) is 6.10 Å². The summed E-state index contributed by atoms with van der Waals surface area (Å²) in [6.45, 7) is -0.102. The fourth-order valence-corrected chi connectivity index (χ4v) is 6.52. The van der Waals surface area contributed by atoms with Crippen LogP contribution >= 0.6 is 11.3 Å². The number of oxime groups is 1. The topological polar surface area (TPSA) is 130 Å². The lowest BCUT2D eigenvalue weighted by Gasteiger charge is -2.16. The molecular weight excluding hydrogens is 632 g/mol. The molecule has 0 saturated carbocycles. The summed E-state index contributed by atoms with van der Waals surface area (Å²) in [4.78, 5) is 46.2. The molecule has 2 aliphatic rings. The fourth-order valence-electron chi connectivity index (χ4n) is 5.47. The number of ether oxygens (including phenoxy) is 1. The lowest BCUT2D eigenvalue weighted by atomic mass is 9.93. The number of rotatable bonds is 7. The molecule has 2 unspecified atom stereocenters. The van der Waals surface area contributed by atoms with Crippen LogP contribution in [0.4, 0.5) is 28.9 Å². The molecule has 1 fully saturated rings. The van der Waals surface area contributed by atoms with E-state index in [1.807, 2.05) is 0 Å². The Morgan fingerprint density at radius 1 is 1.07 bits per heavy atom. The zero-order chi connectivity index (χ0) is 32.7. The molecular formula is C31H24F4N4O6S. The van der Waals surface area contributed by atoms with Gasteiger partial charge in [0.2, 0.25) is 5.91 Å². The second kappa shape index (κ2) is 12.1. The number of benzene rings is 3. The first kappa shape index (κ1) is 31.0. The quantitative estimate of drug-likeness (QED) is 0.237. The Hall–Kier alpha value is -5.02. The number of aliphatic hydroxyl groups excluding tert-OH is 1. The van der Waals surface area contributed by atoms with Crippen molar-refractivity contribution in [1.82, 2.24) is 4.90 Å². The molecule has 3 amide bonds. The van der Waals surface area contributed by atoms with Crippen LogP contribution in [-0.2, 0) is 15.8 Å². The number of nitrogens with zero attached hydrogens (tertiary/aromatic N) is 2. The Bertz CT molecular complexity index is 1910. The Morgan fingerprint density at radius 3 is 2.59 bits per heavy atom. The van der Waals surface area contributed by atoms with E-state index in [-0.39, 0.29) is 46.6 Å². The second-order valence-corrected chi connectivity index (χ2v) is 11.6. The summed E-state index contributed by atoms with van der Waals surface area (Å²) in [5, 5.41) is 19.1. The van der Waals surface area contributed by atoms with Crippen molar-refractivity contribution >= 4 is 56.2 Å². The molecule has 0 aliphatic carbocycles. The van der Waals surface area contributed by atoms with Crippen LogP contribution in [0.5, 0.6) is 5.75 Å². The Labute approximate surface area is 262 Å². The molecule has 3 heterocycles. The van der Waals surface area contributed by atoms with E-state index in [1.54, 1.807) is 42.5 Å². The molecule has 6 rings (SSSR count). The van der Waals surface area contributed by atoms with E-state index in [0.29, 0.717) is 33.5 Å². The van der Waals surface area contributed by atoms with Gasteiger partial charge in [0, 0.05) is 27.9 Å². The Kier molecular flexibility index (Phi) is 8.12. The number of alkyl halides is 3. The van der Waals surface area contributed by atoms with Crippen molar-refractivity contribution in [2.45, 2.75) is 12.3 Å². The van der Waals surface area contributed by atoms with Crippen LogP contribution in [0.15, 0.2) is 65.8 Å². The number of carbonyl (C=O) groups is 3. The standard InChI is InChI=1S/C31H24F4N4O6S/c1-44-22-9-6-15(26-19-12-39(25(41)14-40)13-23(19)45-38-26)10-18(22)29(42)37-27-17-4-2-3-5-24(17)46-28(27)30(43)36-16-7-8-21(32)20(11-16)31(33,34)35/h2-11,19,23,40H,12-14H2,1H3,(H,36,43)(H,37,42). The first-order valence-corrected chi connectivity index (χ1v) is 14.6. The molecule has 3 aromatic carbocycles. The van der Waals surface area contributed by atoms with Gasteiger partial charge in [-0.1, -0.05) is 23.4 Å². The summed E-state index contributed by atoms with van der Waals surface area (Å²) >= 11 is 1.01. The van der Waals surface area contributed by atoms with Gasteiger partial charge in [-0.2, -0.15) is 13.2 Å². The van der Waals surface area contributed by atoms with Crippen molar-refractivity contribution in [2.24, 2.45) is 11.1 Å². The largest absolute Gasteiger partial charge is 0.496 e. The van der Waals surface area contributed by atoms with Crippen LogP contribution in [0.3, 0.4) is 0 Å². The molecule has 0 radical (unpaired) electrons. The van der Waals surface area contributed by atoms with Gasteiger partial charge < -0.3 is 30.2 Å². The van der Waals surface area contributed by atoms with Crippen LogP contribution in [-0.4, -0.2) is 66.3 Å². The normalized spacial score (nSPS) is 17.3. The van der Waals surface area contributed by atoms with Crippen LogP contribution in [0.2, 0.25) is 0 Å². The van der Waals surface area contributed by atoms with Crippen LogP contribution in [0.25, 0.3) is 10.1 Å². The SMILES string of the molecule is COc1ccc(C2=NOC3CN(C(=O)CO)CC23)cc1C(=O)Nc1c(C(=O)Nc2ccc(F)c(C(F)(F)F)c2)sc2ccccc12. The summed E-state index contributed by atoms with van der Waals surface area (Å²) in [5.41, 5.74) is -0.579. The molecule has 15 heteroatoms. The molecule has 4 aromatic rings. The van der Waals surface area contributed by atoms with Gasteiger partial charge in [0.1, 0.15) is 23.1 Å². The van der Waals surface area contributed by atoms with Gasteiger partial charge in [0.05, 0.1) is 42.1 Å². The van der Waals surface area contributed by atoms with Crippen molar-refractivity contribution in [3.8, 4) is 5.75 Å². The van der Waals surface area contributed by atoms with E-state index in [9.17, 15) is 37.1 Å². The number of nitrogens with one attached hydrogen (secondary N) is 2. The number of halogens is 4. The zero-order valence-electron chi connectivity index (χ0n) is 23.9. The van der Waals surface area contributed by atoms with E-state index >= 15 is 0 Å². The van der Waals surface area contributed by atoms with E-state index in [2.05, 4.69) is 15.8 Å². The maximum Gasteiger partial charge on any atom is 0.419 e. The summed E-state index contributed by atoms with van der Waals surface area (Å²) in [6.07, 6.45) is -5.38.